The fourth-order valence-corrected chi connectivity index (χ4v) is 3.61. The number of hydrogen-bond donors (Lipinski definition) is 1. The van der Waals surface area contributed by atoms with Gasteiger partial charge in [-0.2, -0.15) is 0 Å². The van der Waals surface area contributed by atoms with Crippen LogP contribution in [0.4, 0.5) is 0 Å². The Bertz CT molecular complexity index is 849. The highest BCUT2D eigenvalue weighted by molar-refractivity contribution is 6.30. The molecule has 1 heterocycles. The van der Waals surface area contributed by atoms with Crippen LogP contribution in [0, 0.1) is 0 Å². The van der Waals surface area contributed by atoms with Gasteiger partial charge in [0, 0.05) is 37.7 Å². The van der Waals surface area contributed by atoms with E-state index in [0.29, 0.717) is 19.6 Å². The maximum Gasteiger partial charge on any atom is 0.333 e. The second kappa shape index (κ2) is 11.2. The van der Waals surface area contributed by atoms with E-state index in [-0.39, 0.29) is 0 Å². The highest BCUT2D eigenvalue weighted by Gasteiger charge is 2.18. The maximum absolute atomic E-state index is 11.2. The third kappa shape index (κ3) is 6.59. The summed E-state index contributed by atoms with van der Waals surface area (Å²) in [6.45, 7) is 5.56. The Kier molecular flexibility index (Phi) is 8.31. The average molecular weight is 430 g/mol. The molecule has 3 rings (SSSR count). The van der Waals surface area contributed by atoms with E-state index in [0.717, 1.165) is 42.4 Å². The van der Waals surface area contributed by atoms with Gasteiger partial charge in [0.1, 0.15) is 12.4 Å². The minimum atomic E-state index is -0.938. The first kappa shape index (κ1) is 22.3. The lowest BCUT2D eigenvalue weighted by atomic mass is 10.00. The molecule has 0 bridgehead atoms. The number of benzene rings is 2. The molecule has 0 aliphatic carbocycles. The Morgan fingerprint density at radius 1 is 1.17 bits per heavy atom. The Morgan fingerprint density at radius 3 is 2.50 bits per heavy atom. The third-order valence-electron chi connectivity index (χ3n) is 5.17. The van der Waals surface area contributed by atoms with Crippen LogP contribution in [0.1, 0.15) is 24.5 Å². The number of ether oxygens (including phenoxy) is 2. The molecule has 0 amide bonds. The van der Waals surface area contributed by atoms with Gasteiger partial charge in [0.05, 0.1) is 0 Å². The Hall–Kier alpha value is -2.34. The molecule has 0 unspecified atom stereocenters. The van der Waals surface area contributed by atoms with Gasteiger partial charge in [0.2, 0.25) is 0 Å². The lowest BCUT2D eigenvalue weighted by Gasteiger charge is -2.26. The van der Waals surface area contributed by atoms with E-state index in [9.17, 15) is 9.90 Å². The monoisotopic (exact) mass is 429 g/mol. The van der Waals surface area contributed by atoms with Gasteiger partial charge in [-0.05, 0) is 54.3 Å². The minimum Gasteiger partial charge on any atom is -0.492 e. The number of hydrogen-bond acceptors (Lipinski definition) is 4. The van der Waals surface area contributed by atoms with Gasteiger partial charge in [-0.1, -0.05) is 41.9 Å². The highest BCUT2D eigenvalue weighted by atomic mass is 35.5. The molecule has 0 radical (unpaired) electrons. The first-order valence-corrected chi connectivity index (χ1v) is 10.7. The van der Waals surface area contributed by atoms with Gasteiger partial charge in [0.25, 0.3) is 0 Å². The number of nitrogens with zero attached hydrogens (tertiary/aromatic N) is 1. The van der Waals surface area contributed by atoms with Crippen molar-refractivity contribution in [2.45, 2.75) is 25.9 Å². The molecule has 0 aromatic heterocycles. The second-order valence-electron chi connectivity index (χ2n) is 7.27. The fourth-order valence-electron chi connectivity index (χ4n) is 3.49. The summed E-state index contributed by atoms with van der Waals surface area (Å²) < 4.78 is 11.1. The first-order valence-electron chi connectivity index (χ1n) is 10.3. The zero-order valence-electron chi connectivity index (χ0n) is 17.2. The number of carbonyl (C=O) groups is 1. The summed E-state index contributed by atoms with van der Waals surface area (Å²) in [6.07, 6.45) is 2.82. The van der Waals surface area contributed by atoms with Gasteiger partial charge < -0.3 is 14.6 Å². The largest absolute Gasteiger partial charge is 0.492 e. The molecule has 0 saturated heterocycles. The SMILES string of the molecule is CCO[C@@H](Cc1ccc(OCCN2CC=C(c3ccc(Cl)cc3)CC2)cc1)C(=O)O. The Labute approximate surface area is 182 Å². The molecule has 0 saturated carbocycles. The van der Waals surface area contributed by atoms with E-state index < -0.39 is 12.1 Å². The normalized spacial score (nSPS) is 15.5. The van der Waals surface area contributed by atoms with Gasteiger partial charge >= 0.3 is 5.97 Å². The summed E-state index contributed by atoms with van der Waals surface area (Å²) in [7, 11) is 0. The molecular weight excluding hydrogens is 402 g/mol. The molecule has 1 aliphatic rings. The number of rotatable bonds is 10. The summed E-state index contributed by atoms with van der Waals surface area (Å²) in [4.78, 5) is 13.6. The molecule has 1 N–H and O–H groups in total. The van der Waals surface area contributed by atoms with E-state index in [1.54, 1.807) is 6.92 Å². The molecule has 1 atom stereocenters. The van der Waals surface area contributed by atoms with Crippen LogP contribution in [0.15, 0.2) is 54.6 Å². The molecule has 6 heteroatoms. The summed E-state index contributed by atoms with van der Waals surface area (Å²) >= 11 is 5.97. The van der Waals surface area contributed by atoms with E-state index >= 15 is 0 Å². The van der Waals surface area contributed by atoms with Crippen LogP contribution in [0.25, 0.3) is 5.57 Å². The van der Waals surface area contributed by atoms with Crippen LogP contribution in [0.3, 0.4) is 0 Å². The standard InChI is InChI=1S/C24H28ClNO4/c1-2-29-23(24(27)28)17-18-3-9-22(10-4-18)30-16-15-26-13-11-20(12-14-26)19-5-7-21(25)8-6-19/h3-11,23H,2,12-17H2,1H3,(H,27,28)/t23-/m0/s1. The quantitative estimate of drug-likeness (QED) is 0.600. The fraction of sp³-hybridized carbons (Fsp3) is 0.375. The van der Waals surface area contributed by atoms with Crippen molar-refractivity contribution >= 4 is 23.1 Å². The van der Waals surface area contributed by atoms with Crippen molar-refractivity contribution in [3.05, 3.63) is 70.8 Å². The van der Waals surface area contributed by atoms with Crippen molar-refractivity contribution in [1.29, 1.82) is 0 Å². The van der Waals surface area contributed by atoms with Crippen LogP contribution in [0.5, 0.6) is 5.75 Å². The van der Waals surface area contributed by atoms with E-state index in [1.165, 1.54) is 11.1 Å². The summed E-state index contributed by atoms with van der Waals surface area (Å²) in [5, 5.41) is 9.95. The second-order valence-corrected chi connectivity index (χ2v) is 7.70. The van der Waals surface area contributed by atoms with Gasteiger partial charge in [-0.25, -0.2) is 4.79 Å². The van der Waals surface area contributed by atoms with Crippen LogP contribution < -0.4 is 4.74 Å². The van der Waals surface area contributed by atoms with Crippen LogP contribution in [-0.2, 0) is 16.0 Å². The van der Waals surface area contributed by atoms with E-state index in [1.807, 2.05) is 36.4 Å². The zero-order chi connectivity index (χ0) is 21.3. The smallest absolute Gasteiger partial charge is 0.333 e. The number of carboxylic acids is 1. The van der Waals surface area contributed by atoms with E-state index in [4.69, 9.17) is 21.1 Å². The van der Waals surface area contributed by atoms with Gasteiger partial charge in [0.15, 0.2) is 6.10 Å². The summed E-state index contributed by atoms with van der Waals surface area (Å²) in [6, 6.07) is 15.6. The van der Waals surface area contributed by atoms with Crippen molar-refractivity contribution in [2.24, 2.45) is 0 Å². The third-order valence-corrected chi connectivity index (χ3v) is 5.42. The summed E-state index contributed by atoms with van der Waals surface area (Å²) in [5.41, 5.74) is 3.52. The Morgan fingerprint density at radius 2 is 1.90 bits per heavy atom. The maximum atomic E-state index is 11.2. The van der Waals surface area contributed by atoms with Crippen molar-refractivity contribution in [2.75, 3.05) is 32.8 Å². The van der Waals surface area contributed by atoms with Crippen LogP contribution >= 0.6 is 11.6 Å². The first-order chi connectivity index (χ1) is 14.5. The molecule has 1 aliphatic heterocycles. The molecule has 2 aromatic carbocycles. The zero-order valence-corrected chi connectivity index (χ0v) is 18.0. The molecular formula is C24H28ClNO4. The minimum absolute atomic E-state index is 0.347. The molecule has 160 valence electrons. The molecule has 30 heavy (non-hydrogen) atoms. The average Bonchev–Trinajstić information content (AvgIpc) is 2.76. The molecule has 0 spiro atoms. The lowest BCUT2D eigenvalue weighted by Crippen LogP contribution is -2.32. The highest BCUT2D eigenvalue weighted by Crippen LogP contribution is 2.23. The Balaban J connectivity index is 1.42. The lowest BCUT2D eigenvalue weighted by molar-refractivity contribution is -0.149. The van der Waals surface area contributed by atoms with Gasteiger partial charge in [-0.3, -0.25) is 4.90 Å². The molecule has 0 fully saturated rings. The van der Waals surface area contributed by atoms with Crippen LogP contribution in [-0.4, -0.2) is 54.9 Å². The van der Waals surface area contributed by atoms with Crippen LogP contribution in [0.2, 0.25) is 5.02 Å². The molecule has 2 aromatic rings. The van der Waals surface area contributed by atoms with Crippen molar-refractivity contribution in [1.82, 2.24) is 4.90 Å². The predicted molar refractivity (Wildman–Crippen MR) is 119 cm³/mol. The topological polar surface area (TPSA) is 59.0 Å². The number of carboxylic acid groups (broad SMARTS) is 1. The number of aliphatic carboxylic acids is 1. The van der Waals surface area contributed by atoms with E-state index in [2.05, 4.69) is 23.1 Å². The van der Waals surface area contributed by atoms with Crippen molar-refractivity contribution < 1.29 is 19.4 Å². The van der Waals surface area contributed by atoms with Crippen molar-refractivity contribution in [3.8, 4) is 5.75 Å². The summed E-state index contributed by atoms with van der Waals surface area (Å²) in [5.74, 6) is -0.150. The van der Waals surface area contributed by atoms with Gasteiger partial charge in [-0.15, -0.1) is 0 Å². The molecule has 5 nitrogen and oxygen atoms in total. The predicted octanol–water partition coefficient (Wildman–Crippen LogP) is 4.54. The van der Waals surface area contributed by atoms with Crippen molar-refractivity contribution in [3.63, 3.8) is 0 Å². The number of halogens is 1.